The van der Waals surface area contributed by atoms with Gasteiger partial charge in [0.05, 0.1) is 17.0 Å². The Morgan fingerprint density at radius 3 is 2.65 bits per heavy atom. The summed E-state index contributed by atoms with van der Waals surface area (Å²) in [6, 6.07) is 5.33. The number of pyridine rings is 1. The number of aromatic amines is 1. The van der Waals surface area contributed by atoms with Crippen LogP contribution in [0, 0.1) is 19.7 Å². The summed E-state index contributed by atoms with van der Waals surface area (Å²) in [4.78, 5) is 16.4. The molecule has 0 radical (unpaired) electrons. The molecule has 0 aliphatic rings. The largest absolute Gasteiger partial charge is 0.507 e. The van der Waals surface area contributed by atoms with Crippen LogP contribution in [-0.4, -0.2) is 26.2 Å². The van der Waals surface area contributed by atoms with Crippen LogP contribution in [0.15, 0.2) is 24.3 Å². The summed E-state index contributed by atoms with van der Waals surface area (Å²) in [5.41, 5.74) is 7.31. The van der Waals surface area contributed by atoms with Crippen molar-refractivity contribution in [2.75, 3.05) is 11.1 Å². The summed E-state index contributed by atoms with van der Waals surface area (Å²) in [7, 11) is 0. The van der Waals surface area contributed by atoms with Gasteiger partial charge in [0.2, 0.25) is 0 Å². The van der Waals surface area contributed by atoms with Crippen molar-refractivity contribution in [3.05, 3.63) is 52.1 Å². The van der Waals surface area contributed by atoms with Crippen LogP contribution in [0.4, 0.5) is 15.9 Å². The average Bonchev–Trinajstić information content (AvgIpc) is 2.87. The van der Waals surface area contributed by atoms with Crippen LogP contribution in [0.25, 0.3) is 11.3 Å². The first-order valence-corrected chi connectivity index (χ1v) is 7.93. The molecule has 0 bridgehead atoms. The molecule has 7 nitrogen and oxygen atoms in total. The van der Waals surface area contributed by atoms with Crippen LogP contribution < -0.4 is 11.1 Å². The van der Waals surface area contributed by atoms with E-state index in [0.29, 0.717) is 5.69 Å². The lowest BCUT2D eigenvalue weighted by atomic mass is 10.0. The number of amides is 1. The molecule has 0 saturated heterocycles. The van der Waals surface area contributed by atoms with Gasteiger partial charge in [0.25, 0.3) is 5.91 Å². The van der Waals surface area contributed by atoms with Gasteiger partial charge >= 0.3 is 0 Å². The molecular formula is C17H15ClFN5O2. The van der Waals surface area contributed by atoms with E-state index in [1.54, 1.807) is 26.0 Å². The smallest absolute Gasteiger partial charge is 0.259 e. The molecule has 3 aromatic rings. The van der Waals surface area contributed by atoms with Crippen molar-refractivity contribution in [1.82, 2.24) is 15.2 Å². The van der Waals surface area contributed by atoms with Crippen molar-refractivity contribution in [2.45, 2.75) is 13.8 Å². The molecule has 3 rings (SSSR count). The Morgan fingerprint density at radius 1 is 1.31 bits per heavy atom. The maximum atomic E-state index is 14.6. The lowest BCUT2D eigenvalue weighted by molar-refractivity contribution is 0.102. The van der Waals surface area contributed by atoms with E-state index >= 15 is 0 Å². The Hall–Kier alpha value is -3.13. The summed E-state index contributed by atoms with van der Waals surface area (Å²) < 4.78 is 14.6. The van der Waals surface area contributed by atoms with E-state index in [-0.39, 0.29) is 33.5 Å². The number of aromatic hydroxyl groups is 1. The van der Waals surface area contributed by atoms with Gasteiger partial charge in [0.1, 0.15) is 23.1 Å². The molecule has 2 heterocycles. The molecule has 2 aromatic heterocycles. The van der Waals surface area contributed by atoms with E-state index in [2.05, 4.69) is 20.5 Å². The molecule has 0 atom stereocenters. The lowest BCUT2D eigenvalue weighted by Crippen LogP contribution is -2.13. The number of phenolic OH excluding ortho intramolecular Hbond substituents is 1. The maximum Gasteiger partial charge on any atom is 0.259 e. The third kappa shape index (κ3) is 3.31. The number of hydrogen-bond acceptors (Lipinski definition) is 5. The average molecular weight is 376 g/mol. The number of hydrogen-bond donors (Lipinski definition) is 4. The summed E-state index contributed by atoms with van der Waals surface area (Å²) in [6.45, 7) is 3.45. The fourth-order valence-electron chi connectivity index (χ4n) is 2.50. The normalized spacial score (nSPS) is 10.8. The number of aryl methyl sites for hydroxylation is 2. The van der Waals surface area contributed by atoms with Gasteiger partial charge in [-0.15, -0.1) is 0 Å². The number of nitrogen functional groups attached to an aromatic ring is 1. The number of nitrogens with one attached hydrogen (secondary N) is 2. The zero-order valence-corrected chi connectivity index (χ0v) is 14.6. The van der Waals surface area contributed by atoms with Crippen molar-refractivity contribution in [3.63, 3.8) is 0 Å². The fourth-order valence-corrected chi connectivity index (χ4v) is 2.73. The van der Waals surface area contributed by atoms with Crippen LogP contribution >= 0.6 is 11.6 Å². The van der Waals surface area contributed by atoms with Gasteiger partial charge in [-0.2, -0.15) is 5.10 Å². The van der Waals surface area contributed by atoms with Gasteiger partial charge in [-0.1, -0.05) is 11.6 Å². The number of benzene rings is 1. The van der Waals surface area contributed by atoms with Crippen molar-refractivity contribution < 1.29 is 14.3 Å². The molecule has 0 saturated carbocycles. The third-order valence-corrected chi connectivity index (χ3v) is 4.01. The molecule has 0 aliphatic carbocycles. The van der Waals surface area contributed by atoms with Gasteiger partial charge in [-0.3, -0.25) is 9.89 Å². The van der Waals surface area contributed by atoms with E-state index in [1.807, 2.05) is 0 Å². The Bertz CT molecular complexity index is 979. The zero-order chi connectivity index (χ0) is 19.0. The number of nitrogens with zero attached hydrogens (tertiary/aromatic N) is 2. The monoisotopic (exact) mass is 375 g/mol. The van der Waals surface area contributed by atoms with Crippen molar-refractivity contribution in [2.24, 2.45) is 0 Å². The maximum absolute atomic E-state index is 14.6. The first-order valence-electron chi connectivity index (χ1n) is 7.55. The highest BCUT2D eigenvalue weighted by Gasteiger charge is 2.20. The summed E-state index contributed by atoms with van der Waals surface area (Å²) in [5, 5.41) is 19.1. The number of carbonyl (C=O) groups is 1. The Labute approximate surface area is 153 Å². The molecule has 0 aliphatic heterocycles. The van der Waals surface area contributed by atoms with E-state index in [9.17, 15) is 14.3 Å². The molecule has 1 amide bonds. The van der Waals surface area contributed by atoms with Crippen LogP contribution in [0.3, 0.4) is 0 Å². The Morgan fingerprint density at radius 2 is 2.04 bits per heavy atom. The highest BCUT2D eigenvalue weighted by molar-refractivity contribution is 6.33. The number of aromatic nitrogens is 3. The lowest BCUT2D eigenvalue weighted by Gasteiger charge is -2.10. The molecule has 5 N–H and O–H groups in total. The molecule has 0 fully saturated rings. The molecule has 9 heteroatoms. The predicted octanol–water partition coefficient (Wildman–Crippen LogP) is 3.42. The number of phenols is 1. The second-order valence-corrected chi connectivity index (χ2v) is 6.13. The van der Waals surface area contributed by atoms with Gasteiger partial charge in [-0.05, 0) is 43.7 Å². The van der Waals surface area contributed by atoms with Crippen molar-refractivity contribution in [3.8, 4) is 17.0 Å². The molecule has 26 heavy (non-hydrogen) atoms. The van der Waals surface area contributed by atoms with E-state index < -0.39 is 17.5 Å². The minimum absolute atomic E-state index is 0.0342. The van der Waals surface area contributed by atoms with Gasteiger partial charge in [0.15, 0.2) is 5.15 Å². The quantitative estimate of drug-likeness (QED) is 0.559. The highest BCUT2D eigenvalue weighted by Crippen LogP contribution is 2.31. The van der Waals surface area contributed by atoms with Crippen LogP contribution in [0.5, 0.6) is 5.75 Å². The Kier molecular flexibility index (Phi) is 4.52. The van der Waals surface area contributed by atoms with Crippen LogP contribution in [-0.2, 0) is 0 Å². The third-order valence-electron chi connectivity index (χ3n) is 3.74. The molecular weight excluding hydrogens is 361 g/mol. The number of anilines is 2. The highest BCUT2D eigenvalue weighted by atomic mass is 35.5. The fraction of sp³-hybridized carbons (Fsp3) is 0.118. The summed E-state index contributed by atoms with van der Waals surface area (Å²) in [6.07, 6.45) is 0. The number of nitrogens with two attached hydrogens (primary N) is 1. The summed E-state index contributed by atoms with van der Waals surface area (Å²) in [5.74, 6) is -1.62. The standard InChI is InChI=1S/C17H15ClFN5O2/c1-7-3-12(21-14(20)4-7)9-6-13(25)10(5-11(9)19)17(26)22-15-8(2)23-24-16(15)18/h3-6,25H,1-2H3,(H2,20,21)(H,22,26)(H,23,24). The predicted molar refractivity (Wildman–Crippen MR) is 96.7 cm³/mol. The molecule has 134 valence electrons. The number of carbonyl (C=O) groups excluding carboxylic acids is 1. The van der Waals surface area contributed by atoms with Crippen molar-refractivity contribution >= 4 is 29.0 Å². The minimum Gasteiger partial charge on any atom is -0.507 e. The first kappa shape index (κ1) is 17.7. The van der Waals surface area contributed by atoms with Gasteiger partial charge in [-0.25, -0.2) is 9.37 Å². The van der Waals surface area contributed by atoms with Gasteiger partial charge in [0, 0.05) is 5.56 Å². The number of rotatable bonds is 3. The SMILES string of the molecule is Cc1cc(N)nc(-c2cc(O)c(C(=O)Nc3c(Cl)n[nH]c3C)cc2F)c1. The molecule has 0 spiro atoms. The zero-order valence-electron chi connectivity index (χ0n) is 13.9. The van der Waals surface area contributed by atoms with Gasteiger partial charge < -0.3 is 16.2 Å². The molecule has 1 aromatic carbocycles. The topological polar surface area (TPSA) is 117 Å². The molecule has 0 unspecified atom stereocenters. The van der Waals surface area contributed by atoms with Crippen LogP contribution in [0.1, 0.15) is 21.6 Å². The van der Waals surface area contributed by atoms with E-state index in [1.165, 1.54) is 0 Å². The first-order chi connectivity index (χ1) is 12.3. The number of halogens is 2. The Balaban J connectivity index is 1.98. The van der Waals surface area contributed by atoms with E-state index in [4.69, 9.17) is 17.3 Å². The van der Waals surface area contributed by atoms with Crippen molar-refractivity contribution in [1.29, 1.82) is 0 Å². The second-order valence-electron chi connectivity index (χ2n) is 5.77. The second kappa shape index (κ2) is 6.64. The minimum atomic E-state index is -0.726. The van der Waals surface area contributed by atoms with Crippen LogP contribution in [0.2, 0.25) is 5.15 Å². The van der Waals surface area contributed by atoms with E-state index in [0.717, 1.165) is 17.7 Å². The number of H-pyrrole nitrogens is 1. The summed E-state index contributed by atoms with van der Waals surface area (Å²) >= 11 is 5.87.